The van der Waals surface area contributed by atoms with Gasteiger partial charge in [-0.05, 0) is 6.92 Å². The Morgan fingerprint density at radius 3 is 1.38 bits per heavy atom. The Bertz CT molecular complexity index is 175. The fourth-order valence-electron chi connectivity index (χ4n) is 1.44. The molecule has 0 aromatic heterocycles. The maximum Gasteiger partial charge on any atom is 0.119 e. The van der Waals surface area contributed by atoms with Gasteiger partial charge in [-0.3, -0.25) is 0 Å². The Balaban J connectivity index is 2.93. The smallest absolute Gasteiger partial charge is 0.119 e. The van der Waals surface area contributed by atoms with E-state index in [-0.39, 0.29) is 0 Å². The molecule has 1 aliphatic rings. The second-order valence-electron chi connectivity index (χ2n) is 3.59. The van der Waals surface area contributed by atoms with Gasteiger partial charge >= 0.3 is 0 Å². The van der Waals surface area contributed by atoms with Crippen LogP contribution in [-0.4, -0.2) is 66.8 Å². The van der Waals surface area contributed by atoms with Gasteiger partial charge in [-0.2, -0.15) is 0 Å². The van der Waals surface area contributed by atoms with Gasteiger partial charge in [0.1, 0.15) is 36.1 Å². The van der Waals surface area contributed by atoms with Gasteiger partial charge in [0.2, 0.25) is 0 Å². The first-order chi connectivity index (χ1) is 5.80. The van der Waals surface area contributed by atoms with Crippen molar-refractivity contribution in [2.45, 2.75) is 43.0 Å². The molecule has 0 aromatic carbocycles. The largest absolute Gasteiger partial charge is 0.387 e. The molecule has 1 aliphatic carbocycles. The molecule has 0 aliphatic heterocycles. The standard InChI is InChI=1S/C7H14O6/c1-7(13)5(11)3(9)2(8)4(10)6(7)12/h2-6,8-13H,1H3/t2?,3-,4-,5-,6+,7?/m1/s1. The van der Waals surface area contributed by atoms with E-state index in [9.17, 15) is 15.3 Å². The van der Waals surface area contributed by atoms with Gasteiger partial charge in [-0.15, -0.1) is 0 Å². The van der Waals surface area contributed by atoms with E-state index in [0.29, 0.717) is 0 Å². The highest BCUT2D eigenvalue weighted by molar-refractivity contribution is 5.05. The molecular weight excluding hydrogens is 180 g/mol. The molecule has 0 aromatic rings. The van der Waals surface area contributed by atoms with Gasteiger partial charge in [0, 0.05) is 0 Å². The summed E-state index contributed by atoms with van der Waals surface area (Å²) in [5.41, 5.74) is -2.03. The summed E-state index contributed by atoms with van der Waals surface area (Å²) in [6.45, 7) is 1.07. The molecule has 0 saturated heterocycles. The van der Waals surface area contributed by atoms with Crippen molar-refractivity contribution in [2.75, 3.05) is 0 Å². The molecule has 6 N–H and O–H groups in total. The highest BCUT2D eigenvalue weighted by atomic mass is 16.4. The quantitative estimate of drug-likeness (QED) is 0.238. The number of aliphatic hydroxyl groups is 6. The van der Waals surface area contributed by atoms with Crippen molar-refractivity contribution < 1.29 is 30.6 Å². The van der Waals surface area contributed by atoms with Crippen molar-refractivity contribution in [1.29, 1.82) is 0 Å². The van der Waals surface area contributed by atoms with Crippen LogP contribution in [0.5, 0.6) is 0 Å². The zero-order chi connectivity index (χ0) is 10.4. The second kappa shape index (κ2) is 3.16. The average Bonchev–Trinajstić information content (AvgIpc) is 2.09. The summed E-state index contributed by atoms with van der Waals surface area (Å²) in [6, 6.07) is 0. The Hall–Kier alpha value is -0.240. The van der Waals surface area contributed by atoms with E-state index >= 15 is 0 Å². The van der Waals surface area contributed by atoms with Gasteiger partial charge in [0.25, 0.3) is 0 Å². The highest BCUT2D eigenvalue weighted by Crippen LogP contribution is 2.29. The zero-order valence-corrected chi connectivity index (χ0v) is 7.07. The maximum absolute atomic E-state index is 9.44. The van der Waals surface area contributed by atoms with Gasteiger partial charge < -0.3 is 30.6 Å². The lowest BCUT2D eigenvalue weighted by molar-refractivity contribution is -0.261. The minimum absolute atomic E-state index is 1.07. The van der Waals surface area contributed by atoms with E-state index in [0.717, 1.165) is 6.92 Å². The van der Waals surface area contributed by atoms with Crippen LogP contribution in [0.2, 0.25) is 0 Å². The molecule has 0 bridgehead atoms. The lowest BCUT2D eigenvalue weighted by Gasteiger charge is -2.45. The lowest BCUT2D eigenvalue weighted by atomic mass is 9.76. The summed E-state index contributed by atoms with van der Waals surface area (Å²) < 4.78 is 0. The summed E-state index contributed by atoms with van der Waals surface area (Å²) >= 11 is 0. The summed E-state index contributed by atoms with van der Waals surface area (Å²) in [5.74, 6) is 0. The van der Waals surface area contributed by atoms with Crippen LogP contribution in [-0.2, 0) is 0 Å². The van der Waals surface area contributed by atoms with Gasteiger partial charge in [-0.25, -0.2) is 0 Å². The molecule has 78 valence electrons. The van der Waals surface area contributed by atoms with Crippen molar-refractivity contribution in [3.05, 3.63) is 0 Å². The van der Waals surface area contributed by atoms with Gasteiger partial charge in [-0.1, -0.05) is 0 Å². The minimum atomic E-state index is -2.03. The second-order valence-corrected chi connectivity index (χ2v) is 3.59. The zero-order valence-electron chi connectivity index (χ0n) is 7.07. The van der Waals surface area contributed by atoms with E-state index in [2.05, 4.69) is 0 Å². The first kappa shape index (κ1) is 10.8. The number of aliphatic hydroxyl groups excluding tert-OH is 5. The summed E-state index contributed by atoms with van der Waals surface area (Å²) in [4.78, 5) is 0. The molecule has 0 amide bonds. The van der Waals surface area contributed by atoms with E-state index < -0.39 is 36.1 Å². The molecule has 0 heterocycles. The van der Waals surface area contributed by atoms with E-state index in [1.807, 2.05) is 0 Å². The summed E-state index contributed by atoms with van der Waals surface area (Å²) in [7, 11) is 0. The third-order valence-corrected chi connectivity index (χ3v) is 2.54. The molecule has 6 nitrogen and oxygen atoms in total. The van der Waals surface area contributed by atoms with E-state index in [4.69, 9.17) is 15.3 Å². The molecule has 1 fully saturated rings. The minimum Gasteiger partial charge on any atom is -0.387 e. The third kappa shape index (κ3) is 1.45. The molecular formula is C7H14O6. The van der Waals surface area contributed by atoms with Crippen molar-refractivity contribution in [2.24, 2.45) is 0 Å². The van der Waals surface area contributed by atoms with Crippen LogP contribution in [0.3, 0.4) is 0 Å². The Labute approximate surface area is 74.7 Å². The number of hydrogen-bond donors (Lipinski definition) is 6. The summed E-state index contributed by atoms with van der Waals surface area (Å²) in [6.07, 6.45) is -8.39. The van der Waals surface area contributed by atoms with Crippen LogP contribution in [0, 0.1) is 0 Å². The molecule has 1 saturated carbocycles. The van der Waals surface area contributed by atoms with Crippen molar-refractivity contribution in [3.63, 3.8) is 0 Å². The van der Waals surface area contributed by atoms with Crippen LogP contribution in [0.15, 0.2) is 0 Å². The van der Waals surface area contributed by atoms with Crippen LogP contribution < -0.4 is 0 Å². The molecule has 1 rings (SSSR count). The predicted octanol–water partition coefficient (Wildman–Crippen LogP) is -3.44. The molecule has 6 atom stereocenters. The van der Waals surface area contributed by atoms with Crippen LogP contribution in [0.25, 0.3) is 0 Å². The monoisotopic (exact) mass is 194 g/mol. The van der Waals surface area contributed by atoms with E-state index in [1.165, 1.54) is 0 Å². The fourth-order valence-corrected chi connectivity index (χ4v) is 1.44. The predicted molar refractivity (Wildman–Crippen MR) is 40.7 cm³/mol. The summed E-state index contributed by atoms with van der Waals surface area (Å²) in [5, 5.41) is 55.3. The van der Waals surface area contributed by atoms with Crippen LogP contribution in [0.4, 0.5) is 0 Å². The topological polar surface area (TPSA) is 121 Å². The molecule has 2 unspecified atom stereocenters. The first-order valence-corrected chi connectivity index (χ1v) is 3.93. The number of hydrogen-bond acceptors (Lipinski definition) is 6. The Morgan fingerprint density at radius 1 is 0.769 bits per heavy atom. The number of rotatable bonds is 0. The molecule has 13 heavy (non-hydrogen) atoms. The normalized spacial score (nSPS) is 57.9. The first-order valence-electron chi connectivity index (χ1n) is 3.93. The highest BCUT2D eigenvalue weighted by Gasteiger charge is 2.54. The molecule has 6 heteroatoms. The van der Waals surface area contributed by atoms with Gasteiger partial charge in [0.15, 0.2) is 0 Å². The molecule has 0 spiro atoms. The third-order valence-electron chi connectivity index (χ3n) is 2.54. The van der Waals surface area contributed by atoms with E-state index in [1.54, 1.807) is 0 Å². The van der Waals surface area contributed by atoms with Crippen molar-refractivity contribution in [3.8, 4) is 0 Å². The SMILES string of the molecule is CC1(O)[C@H](O)[C@H](O)C(O)[C@@H](O)[C@@H]1O. The van der Waals surface area contributed by atoms with Crippen LogP contribution >= 0.6 is 0 Å². The van der Waals surface area contributed by atoms with Crippen molar-refractivity contribution in [1.82, 2.24) is 0 Å². The van der Waals surface area contributed by atoms with Crippen LogP contribution in [0.1, 0.15) is 6.92 Å². The fraction of sp³-hybridized carbons (Fsp3) is 1.00. The van der Waals surface area contributed by atoms with Crippen molar-refractivity contribution >= 4 is 0 Å². The Morgan fingerprint density at radius 2 is 1.08 bits per heavy atom. The lowest BCUT2D eigenvalue weighted by Crippen LogP contribution is -2.69. The van der Waals surface area contributed by atoms with Gasteiger partial charge in [0.05, 0.1) is 0 Å². The molecule has 0 radical (unpaired) electrons. The Kier molecular flexibility index (Phi) is 2.63. The average molecular weight is 194 g/mol. The maximum atomic E-state index is 9.44.